The fourth-order valence-corrected chi connectivity index (χ4v) is 3.15. The Labute approximate surface area is 108 Å². The molecule has 3 heteroatoms. The Hall–Kier alpha value is -1.60. The number of ether oxygens (including phenoxy) is 1. The molecular formula is C15H19NO2. The van der Waals surface area contributed by atoms with E-state index in [1.165, 1.54) is 0 Å². The lowest BCUT2D eigenvalue weighted by Crippen LogP contribution is -2.21. The van der Waals surface area contributed by atoms with Crippen molar-refractivity contribution in [3.05, 3.63) is 28.8 Å². The molecule has 1 saturated carbocycles. The minimum absolute atomic E-state index is 0.412. The quantitative estimate of drug-likeness (QED) is 0.604. The second-order valence-electron chi connectivity index (χ2n) is 5.10. The highest BCUT2D eigenvalue weighted by molar-refractivity contribution is 5.50. The molecule has 0 radical (unpaired) electrons. The minimum Gasteiger partial charge on any atom is -0.496 e. The maximum atomic E-state index is 10.8. The van der Waals surface area contributed by atoms with Gasteiger partial charge in [0.2, 0.25) is 6.08 Å². The van der Waals surface area contributed by atoms with Crippen LogP contribution in [0.3, 0.4) is 0 Å². The summed E-state index contributed by atoms with van der Waals surface area (Å²) in [5, 5.41) is 0. The van der Waals surface area contributed by atoms with Crippen LogP contribution in [0.25, 0.3) is 0 Å². The van der Waals surface area contributed by atoms with Crippen molar-refractivity contribution in [1.82, 2.24) is 0 Å². The molecule has 0 heterocycles. The van der Waals surface area contributed by atoms with E-state index in [1.54, 1.807) is 13.2 Å². The molecule has 2 rings (SSSR count). The molecule has 0 aliphatic heterocycles. The number of nitrogens with zero attached hydrogens (tertiary/aromatic N) is 1. The first-order valence-electron chi connectivity index (χ1n) is 6.38. The average Bonchev–Trinajstić information content (AvgIpc) is 2.77. The van der Waals surface area contributed by atoms with Crippen LogP contribution in [0.4, 0.5) is 0 Å². The summed E-state index contributed by atoms with van der Waals surface area (Å²) in [4.78, 5) is 14.9. The van der Waals surface area contributed by atoms with Gasteiger partial charge in [0.15, 0.2) is 0 Å². The van der Waals surface area contributed by atoms with Crippen LogP contribution in [0.2, 0.25) is 0 Å². The maximum Gasteiger partial charge on any atom is 0.235 e. The van der Waals surface area contributed by atoms with Crippen molar-refractivity contribution >= 4 is 6.08 Å². The molecule has 0 saturated heterocycles. The van der Waals surface area contributed by atoms with Gasteiger partial charge in [0.25, 0.3) is 0 Å². The van der Waals surface area contributed by atoms with Crippen LogP contribution in [0.5, 0.6) is 5.75 Å². The molecule has 0 aromatic heterocycles. The Morgan fingerprint density at radius 2 is 1.94 bits per heavy atom. The topological polar surface area (TPSA) is 38.7 Å². The summed E-state index contributed by atoms with van der Waals surface area (Å²) in [5.41, 5.74) is 2.96. The second kappa shape index (κ2) is 4.95. The Bertz CT molecular complexity index is 495. The molecule has 0 spiro atoms. The van der Waals surface area contributed by atoms with E-state index in [0.717, 1.165) is 48.1 Å². The van der Waals surface area contributed by atoms with Crippen LogP contribution in [0.15, 0.2) is 17.1 Å². The molecule has 1 fully saturated rings. The minimum atomic E-state index is -0.412. The lowest BCUT2D eigenvalue weighted by Gasteiger charge is -2.27. The summed E-state index contributed by atoms with van der Waals surface area (Å²) in [7, 11) is 1.67. The number of rotatable bonds is 3. The van der Waals surface area contributed by atoms with Gasteiger partial charge in [-0.25, -0.2) is 4.79 Å². The summed E-state index contributed by atoms with van der Waals surface area (Å²) in [5.74, 6) is 0.841. The van der Waals surface area contributed by atoms with Gasteiger partial charge < -0.3 is 4.74 Å². The zero-order valence-corrected chi connectivity index (χ0v) is 11.2. The monoisotopic (exact) mass is 245 g/mol. The van der Waals surface area contributed by atoms with Gasteiger partial charge in [-0.05, 0) is 43.9 Å². The number of methoxy groups -OCH3 is 1. The van der Waals surface area contributed by atoms with Crippen molar-refractivity contribution in [2.24, 2.45) is 4.99 Å². The smallest absolute Gasteiger partial charge is 0.235 e. The lowest BCUT2D eigenvalue weighted by atomic mass is 9.84. The first-order chi connectivity index (χ1) is 8.63. The number of aryl methyl sites for hydroxylation is 2. The summed E-state index contributed by atoms with van der Waals surface area (Å²) < 4.78 is 5.50. The molecule has 0 amide bonds. The number of benzene rings is 1. The lowest BCUT2D eigenvalue weighted by molar-refractivity contribution is 0.377. The fourth-order valence-electron chi connectivity index (χ4n) is 3.15. The Kier molecular flexibility index (Phi) is 3.53. The molecule has 3 nitrogen and oxygen atoms in total. The van der Waals surface area contributed by atoms with Gasteiger partial charge in [0.1, 0.15) is 11.3 Å². The van der Waals surface area contributed by atoms with Gasteiger partial charge >= 0.3 is 0 Å². The van der Waals surface area contributed by atoms with Gasteiger partial charge in [-0.15, -0.1) is 0 Å². The number of aliphatic imine (C=N–C) groups is 1. The Balaban J connectivity index is 2.64. The van der Waals surface area contributed by atoms with E-state index < -0.39 is 5.54 Å². The van der Waals surface area contributed by atoms with Gasteiger partial charge in [-0.2, -0.15) is 4.99 Å². The van der Waals surface area contributed by atoms with Crippen molar-refractivity contribution in [2.45, 2.75) is 45.1 Å². The SMILES string of the molecule is COc1cc(C)cc(C)c1C1(N=C=O)CCCC1. The zero-order valence-electron chi connectivity index (χ0n) is 11.2. The first-order valence-corrected chi connectivity index (χ1v) is 6.38. The third kappa shape index (κ3) is 2.06. The van der Waals surface area contributed by atoms with Crippen molar-refractivity contribution in [1.29, 1.82) is 0 Å². The summed E-state index contributed by atoms with van der Waals surface area (Å²) in [6.07, 6.45) is 5.77. The molecule has 96 valence electrons. The van der Waals surface area contributed by atoms with Crippen molar-refractivity contribution in [3.8, 4) is 5.75 Å². The van der Waals surface area contributed by atoms with Gasteiger partial charge in [-0.3, -0.25) is 0 Å². The molecule has 0 N–H and O–H groups in total. The van der Waals surface area contributed by atoms with E-state index in [2.05, 4.69) is 18.0 Å². The van der Waals surface area contributed by atoms with Gasteiger partial charge in [0, 0.05) is 5.56 Å². The normalized spacial score (nSPS) is 17.3. The van der Waals surface area contributed by atoms with Crippen LogP contribution in [0.1, 0.15) is 42.4 Å². The molecule has 18 heavy (non-hydrogen) atoms. The Morgan fingerprint density at radius 3 is 2.50 bits per heavy atom. The predicted molar refractivity (Wildman–Crippen MR) is 70.7 cm³/mol. The third-order valence-electron chi connectivity index (χ3n) is 3.82. The largest absolute Gasteiger partial charge is 0.496 e. The number of carbonyl (C=O) groups excluding carboxylic acids is 1. The van der Waals surface area contributed by atoms with Crippen LogP contribution in [-0.4, -0.2) is 13.2 Å². The molecule has 1 aromatic rings. The standard InChI is InChI=1S/C15H19NO2/c1-11-8-12(2)14(13(9-11)18-3)15(16-10-17)6-4-5-7-15/h8-9H,4-7H2,1-3H3. The fraction of sp³-hybridized carbons (Fsp3) is 0.533. The summed E-state index contributed by atoms with van der Waals surface area (Å²) in [6.45, 7) is 4.11. The van der Waals surface area contributed by atoms with E-state index in [0.29, 0.717) is 0 Å². The van der Waals surface area contributed by atoms with Gasteiger partial charge in [-0.1, -0.05) is 18.9 Å². The number of isocyanates is 1. The van der Waals surface area contributed by atoms with Crippen molar-refractivity contribution in [2.75, 3.05) is 7.11 Å². The van der Waals surface area contributed by atoms with Crippen LogP contribution >= 0.6 is 0 Å². The molecule has 0 bridgehead atoms. The third-order valence-corrected chi connectivity index (χ3v) is 3.82. The van der Waals surface area contributed by atoms with Gasteiger partial charge in [0.05, 0.1) is 7.11 Å². The highest BCUT2D eigenvalue weighted by Crippen LogP contribution is 2.47. The van der Waals surface area contributed by atoms with E-state index in [1.807, 2.05) is 13.0 Å². The van der Waals surface area contributed by atoms with Crippen LogP contribution in [-0.2, 0) is 10.3 Å². The average molecular weight is 245 g/mol. The zero-order chi connectivity index (χ0) is 13.2. The number of hydrogen-bond donors (Lipinski definition) is 0. The summed E-state index contributed by atoms with van der Waals surface area (Å²) in [6, 6.07) is 4.14. The molecular weight excluding hydrogens is 226 g/mol. The maximum absolute atomic E-state index is 10.8. The second-order valence-corrected chi connectivity index (χ2v) is 5.10. The van der Waals surface area contributed by atoms with Crippen LogP contribution < -0.4 is 4.74 Å². The van der Waals surface area contributed by atoms with Crippen molar-refractivity contribution < 1.29 is 9.53 Å². The highest BCUT2D eigenvalue weighted by atomic mass is 16.5. The molecule has 0 unspecified atom stereocenters. The molecule has 1 aliphatic rings. The predicted octanol–water partition coefficient (Wildman–Crippen LogP) is 3.42. The summed E-state index contributed by atoms with van der Waals surface area (Å²) >= 11 is 0. The van der Waals surface area contributed by atoms with Crippen LogP contribution in [0, 0.1) is 13.8 Å². The molecule has 1 aliphatic carbocycles. The molecule has 1 aromatic carbocycles. The molecule has 0 atom stereocenters. The Morgan fingerprint density at radius 1 is 1.28 bits per heavy atom. The van der Waals surface area contributed by atoms with Crippen molar-refractivity contribution in [3.63, 3.8) is 0 Å². The van der Waals surface area contributed by atoms with E-state index in [4.69, 9.17) is 4.74 Å². The van der Waals surface area contributed by atoms with E-state index in [9.17, 15) is 4.79 Å². The van der Waals surface area contributed by atoms with E-state index in [-0.39, 0.29) is 0 Å². The van der Waals surface area contributed by atoms with E-state index >= 15 is 0 Å². The highest BCUT2D eigenvalue weighted by Gasteiger charge is 2.39. The number of hydrogen-bond acceptors (Lipinski definition) is 3. The first kappa shape index (κ1) is 12.8.